The molecule has 1 rings (SSSR count). The second-order valence-electron chi connectivity index (χ2n) is 3.35. The zero-order chi connectivity index (χ0) is 12.2. The fourth-order valence-corrected chi connectivity index (χ4v) is 1.73. The van der Waals surface area contributed by atoms with Crippen LogP contribution in [0, 0.1) is 5.82 Å². The van der Waals surface area contributed by atoms with Crippen molar-refractivity contribution in [2.24, 2.45) is 5.14 Å². The van der Waals surface area contributed by atoms with Gasteiger partial charge in [0.2, 0.25) is 10.0 Å². The summed E-state index contributed by atoms with van der Waals surface area (Å²) in [5.41, 5.74) is 5.95. The molecule has 0 unspecified atom stereocenters. The summed E-state index contributed by atoms with van der Waals surface area (Å²) in [5.74, 6) is -0.619. The molecule has 0 heterocycles. The number of nitrogens with one attached hydrogen (secondary N) is 1. The molecule has 0 fully saturated rings. The number of hydrogen-bond acceptors (Lipinski definition) is 4. The topological polar surface area (TPSA) is 98.2 Å². The van der Waals surface area contributed by atoms with Crippen LogP contribution in [-0.2, 0) is 10.0 Å². The Morgan fingerprint density at radius 3 is 2.69 bits per heavy atom. The minimum atomic E-state index is -3.44. The molecule has 5 N–H and O–H groups in total. The summed E-state index contributed by atoms with van der Waals surface area (Å²) in [6.45, 7) is 0.365. The molecular formula is C9H14FN3O2S. The molecule has 0 atom stereocenters. The number of nitrogens with two attached hydrogens (primary N) is 2. The largest absolute Gasteiger partial charge is 0.395 e. The molecule has 0 aliphatic rings. The fraction of sp³-hybridized carbons (Fsp3) is 0.333. The zero-order valence-electron chi connectivity index (χ0n) is 8.61. The summed E-state index contributed by atoms with van der Waals surface area (Å²) in [6.07, 6.45) is 0.342. The van der Waals surface area contributed by atoms with Crippen molar-refractivity contribution in [2.45, 2.75) is 6.42 Å². The first kappa shape index (κ1) is 12.7. The lowest BCUT2D eigenvalue weighted by atomic mass is 10.2. The quantitative estimate of drug-likeness (QED) is 0.521. The maximum absolute atomic E-state index is 13.0. The van der Waals surface area contributed by atoms with Gasteiger partial charge in [-0.05, 0) is 18.6 Å². The molecule has 0 aliphatic heterocycles. The van der Waals surface area contributed by atoms with Gasteiger partial charge in [-0.3, -0.25) is 0 Å². The summed E-state index contributed by atoms with van der Waals surface area (Å²) in [5, 5.41) is 7.67. The highest BCUT2D eigenvalue weighted by Crippen LogP contribution is 2.20. The summed E-state index contributed by atoms with van der Waals surface area (Å²) in [4.78, 5) is 0. The molecule has 0 aliphatic carbocycles. The van der Waals surface area contributed by atoms with Crippen molar-refractivity contribution in [1.82, 2.24) is 0 Å². The predicted molar refractivity (Wildman–Crippen MR) is 61.9 cm³/mol. The molecular weight excluding hydrogens is 233 g/mol. The number of halogens is 1. The van der Waals surface area contributed by atoms with Gasteiger partial charge in [-0.15, -0.1) is 0 Å². The average molecular weight is 247 g/mol. The number of hydrogen-bond donors (Lipinski definition) is 3. The molecule has 5 nitrogen and oxygen atoms in total. The Morgan fingerprint density at radius 2 is 2.06 bits per heavy atom. The van der Waals surface area contributed by atoms with E-state index in [1.165, 1.54) is 12.1 Å². The minimum absolute atomic E-state index is 0.0260. The van der Waals surface area contributed by atoms with Crippen LogP contribution < -0.4 is 16.2 Å². The molecule has 0 bridgehead atoms. The van der Waals surface area contributed by atoms with Crippen molar-refractivity contribution in [1.29, 1.82) is 0 Å². The third-order valence-electron chi connectivity index (χ3n) is 1.97. The van der Waals surface area contributed by atoms with E-state index in [9.17, 15) is 12.8 Å². The lowest BCUT2D eigenvalue weighted by Crippen LogP contribution is -2.18. The van der Waals surface area contributed by atoms with Crippen molar-refractivity contribution in [3.63, 3.8) is 0 Å². The van der Waals surface area contributed by atoms with Crippen LogP contribution >= 0.6 is 0 Å². The van der Waals surface area contributed by atoms with Gasteiger partial charge in [0.1, 0.15) is 5.82 Å². The Balaban J connectivity index is 2.47. The van der Waals surface area contributed by atoms with Crippen molar-refractivity contribution in [3.8, 4) is 0 Å². The third kappa shape index (κ3) is 4.03. The monoisotopic (exact) mass is 247 g/mol. The molecule has 0 saturated heterocycles. The number of rotatable bonds is 5. The summed E-state index contributed by atoms with van der Waals surface area (Å²) in [7, 11) is -3.44. The van der Waals surface area contributed by atoms with Gasteiger partial charge in [0.15, 0.2) is 0 Å². The summed E-state index contributed by atoms with van der Waals surface area (Å²) in [6, 6.07) is 4.40. The number of anilines is 2. The van der Waals surface area contributed by atoms with Gasteiger partial charge in [-0.25, -0.2) is 17.9 Å². The lowest BCUT2D eigenvalue weighted by Gasteiger charge is -2.08. The first-order chi connectivity index (χ1) is 7.40. The number of primary sulfonamides is 1. The Kier molecular flexibility index (Phi) is 4.08. The SMILES string of the molecule is Nc1c(F)cccc1NCCCS(N)(=O)=O. The van der Waals surface area contributed by atoms with E-state index in [4.69, 9.17) is 10.9 Å². The zero-order valence-corrected chi connectivity index (χ0v) is 9.43. The molecule has 0 aromatic heterocycles. The molecule has 0 radical (unpaired) electrons. The van der Waals surface area contributed by atoms with Crippen molar-refractivity contribution < 1.29 is 12.8 Å². The van der Waals surface area contributed by atoms with E-state index in [1.807, 2.05) is 0 Å². The highest BCUT2D eigenvalue weighted by molar-refractivity contribution is 7.89. The molecule has 90 valence electrons. The van der Waals surface area contributed by atoms with E-state index in [0.717, 1.165) is 0 Å². The van der Waals surface area contributed by atoms with Crippen molar-refractivity contribution in [3.05, 3.63) is 24.0 Å². The molecule has 0 saturated carbocycles. The van der Waals surface area contributed by atoms with Crippen molar-refractivity contribution >= 4 is 21.4 Å². The van der Waals surface area contributed by atoms with Crippen LogP contribution in [0.15, 0.2) is 18.2 Å². The van der Waals surface area contributed by atoms with Gasteiger partial charge in [-0.1, -0.05) is 6.07 Å². The van der Waals surface area contributed by atoms with E-state index in [-0.39, 0.29) is 11.4 Å². The smallest absolute Gasteiger partial charge is 0.209 e. The van der Waals surface area contributed by atoms with Gasteiger partial charge >= 0.3 is 0 Å². The van der Waals surface area contributed by atoms with Crippen LogP contribution in [-0.4, -0.2) is 20.7 Å². The molecule has 7 heteroatoms. The number of para-hydroxylation sites is 1. The first-order valence-corrected chi connectivity index (χ1v) is 6.40. The van der Waals surface area contributed by atoms with E-state index in [2.05, 4.69) is 5.32 Å². The average Bonchev–Trinajstić information content (AvgIpc) is 2.17. The maximum atomic E-state index is 13.0. The second kappa shape index (κ2) is 5.13. The van der Waals surface area contributed by atoms with E-state index >= 15 is 0 Å². The number of benzene rings is 1. The van der Waals surface area contributed by atoms with Crippen LogP contribution in [0.1, 0.15) is 6.42 Å². The van der Waals surface area contributed by atoms with Crippen LogP contribution in [0.2, 0.25) is 0 Å². The summed E-state index contributed by atoms with van der Waals surface area (Å²) >= 11 is 0. The maximum Gasteiger partial charge on any atom is 0.209 e. The highest BCUT2D eigenvalue weighted by Gasteiger charge is 2.05. The van der Waals surface area contributed by atoms with Gasteiger partial charge in [-0.2, -0.15) is 0 Å². The number of nitrogen functional groups attached to an aromatic ring is 1. The highest BCUT2D eigenvalue weighted by atomic mass is 32.2. The van der Waals surface area contributed by atoms with Crippen molar-refractivity contribution in [2.75, 3.05) is 23.3 Å². The van der Waals surface area contributed by atoms with Crippen LogP contribution in [0.4, 0.5) is 15.8 Å². The Bertz CT molecular complexity index is 462. The van der Waals surface area contributed by atoms with E-state index in [0.29, 0.717) is 18.7 Å². The van der Waals surface area contributed by atoms with Crippen LogP contribution in [0.3, 0.4) is 0 Å². The standard InChI is InChI=1S/C9H14FN3O2S/c10-7-3-1-4-8(9(7)11)13-5-2-6-16(12,14)15/h1,3-4,13H,2,5-6,11H2,(H2,12,14,15). The van der Waals surface area contributed by atoms with Gasteiger partial charge < -0.3 is 11.1 Å². The third-order valence-corrected chi connectivity index (χ3v) is 2.83. The summed E-state index contributed by atoms with van der Waals surface area (Å²) < 4.78 is 34.3. The molecule has 1 aromatic rings. The normalized spacial score (nSPS) is 11.4. The molecule has 16 heavy (non-hydrogen) atoms. The Labute approximate surface area is 93.7 Å². The Hall–Kier alpha value is -1.34. The van der Waals surface area contributed by atoms with Crippen LogP contribution in [0.5, 0.6) is 0 Å². The lowest BCUT2D eigenvalue weighted by molar-refractivity contribution is 0.595. The fourth-order valence-electron chi connectivity index (χ4n) is 1.19. The Morgan fingerprint density at radius 1 is 1.38 bits per heavy atom. The van der Waals surface area contributed by atoms with E-state index < -0.39 is 15.8 Å². The predicted octanol–water partition coefficient (Wildman–Crippen LogP) is 0.498. The van der Waals surface area contributed by atoms with Gasteiger partial charge in [0.05, 0.1) is 17.1 Å². The van der Waals surface area contributed by atoms with Gasteiger partial charge in [0.25, 0.3) is 0 Å². The number of sulfonamides is 1. The minimum Gasteiger partial charge on any atom is -0.395 e. The van der Waals surface area contributed by atoms with Crippen LogP contribution in [0.25, 0.3) is 0 Å². The molecule has 0 amide bonds. The van der Waals surface area contributed by atoms with E-state index in [1.54, 1.807) is 6.07 Å². The van der Waals surface area contributed by atoms with Gasteiger partial charge in [0, 0.05) is 6.54 Å². The first-order valence-electron chi connectivity index (χ1n) is 4.68. The molecule has 0 spiro atoms. The molecule has 1 aromatic carbocycles. The second-order valence-corrected chi connectivity index (χ2v) is 5.08.